The molecule has 3 N–H and O–H groups in total. The first-order chi connectivity index (χ1) is 8.09. The summed E-state index contributed by atoms with van der Waals surface area (Å²) < 4.78 is 13.0. The maximum atomic E-state index is 13.0. The zero-order chi connectivity index (χ0) is 12.4. The summed E-state index contributed by atoms with van der Waals surface area (Å²) in [5.74, 6) is -1.02. The van der Waals surface area contributed by atoms with Crippen LogP contribution < -0.4 is 5.73 Å². The fourth-order valence-corrected chi connectivity index (χ4v) is 1.68. The lowest BCUT2D eigenvalue weighted by Gasteiger charge is -2.08. The molecule has 0 fully saturated rings. The quantitative estimate of drug-likeness (QED) is 0.614. The predicted octanol–water partition coefficient (Wildman–Crippen LogP) is 2.93. The number of anilines is 1. The Hall–Kier alpha value is -2.23. The first kappa shape index (κ1) is 11.3. The third-order valence-corrected chi connectivity index (χ3v) is 2.64. The molecule has 0 spiro atoms. The minimum atomic E-state index is -1.02. The van der Waals surface area contributed by atoms with E-state index in [1.807, 2.05) is 13.0 Å². The number of aryl methyl sites for hydroxylation is 1. The van der Waals surface area contributed by atoms with Crippen LogP contribution in [0.5, 0.6) is 0 Å². The third kappa shape index (κ3) is 2.15. The van der Waals surface area contributed by atoms with Crippen molar-refractivity contribution < 1.29 is 4.39 Å². The van der Waals surface area contributed by atoms with Gasteiger partial charge in [0.05, 0.1) is 5.56 Å². The Balaban J connectivity index is 2.58. The molecule has 1 aromatic heterocycles. The first-order valence-corrected chi connectivity index (χ1v) is 5.14. The molecule has 0 saturated heterocycles. The lowest BCUT2D eigenvalue weighted by Crippen LogP contribution is -1.99. The SMILES string of the molecule is Cc1ccncc1-c1ccc(N)c(C(=N)F)c1. The van der Waals surface area contributed by atoms with Gasteiger partial charge in [-0.25, -0.2) is 0 Å². The van der Waals surface area contributed by atoms with Crippen molar-refractivity contribution in [2.75, 3.05) is 5.73 Å². The Kier molecular flexibility index (Phi) is 2.87. The molecular weight excluding hydrogens is 217 g/mol. The van der Waals surface area contributed by atoms with Crippen molar-refractivity contribution in [3.63, 3.8) is 0 Å². The highest BCUT2D eigenvalue weighted by Gasteiger charge is 2.08. The van der Waals surface area contributed by atoms with Crippen molar-refractivity contribution >= 4 is 11.7 Å². The highest BCUT2D eigenvalue weighted by atomic mass is 19.1. The van der Waals surface area contributed by atoms with Crippen LogP contribution in [0, 0.1) is 12.3 Å². The monoisotopic (exact) mass is 229 g/mol. The number of nitrogen functional groups attached to an aromatic ring is 1. The summed E-state index contributed by atoms with van der Waals surface area (Å²) in [6.45, 7) is 1.95. The average Bonchev–Trinajstić information content (AvgIpc) is 2.30. The second-order valence-corrected chi connectivity index (χ2v) is 3.81. The summed E-state index contributed by atoms with van der Waals surface area (Å²) in [6.07, 6.45) is 3.42. The number of halogens is 1. The molecule has 3 nitrogen and oxygen atoms in total. The fraction of sp³-hybridized carbons (Fsp3) is 0.0769. The van der Waals surface area contributed by atoms with E-state index in [4.69, 9.17) is 11.1 Å². The third-order valence-electron chi connectivity index (χ3n) is 2.64. The number of rotatable bonds is 2. The van der Waals surface area contributed by atoms with E-state index in [1.54, 1.807) is 30.6 Å². The molecule has 4 heteroatoms. The second kappa shape index (κ2) is 4.33. The Bertz CT molecular complexity index is 579. The summed E-state index contributed by atoms with van der Waals surface area (Å²) in [5.41, 5.74) is 8.76. The Morgan fingerprint density at radius 1 is 1.35 bits per heavy atom. The fourth-order valence-electron chi connectivity index (χ4n) is 1.68. The number of hydrogen-bond acceptors (Lipinski definition) is 3. The molecule has 0 aliphatic carbocycles. The summed E-state index contributed by atoms with van der Waals surface area (Å²) in [6, 6.07) is 6.85. The Morgan fingerprint density at radius 2 is 2.12 bits per heavy atom. The van der Waals surface area contributed by atoms with Crippen LogP contribution in [0.4, 0.5) is 10.1 Å². The molecule has 0 aliphatic heterocycles. The number of hydrogen-bond donors (Lipinski definition) is 2. The van der Waals surface area contributed by atoms with Crippen LogP contribution >= 0.6 is 0 Å². The van der Waals surface area contributed by atoms with Gasteiger partial charge < -0.3 is 5.73 Å². The summed E-state index contributed by atoms with van der Waals surface area (Å²) in [5, 5.41) is 7.03. The maximum absolute atomic E-state index is 13.0. The highest BCUT2D eigenvalue weighted by Crippen LogP contribution is 2.26. The van der Waals surface area contributed by atoms with Crippen LogP contribution in [-0.2, 0) is 0 Å². The number of nitrogens with one attached hydrogen (secondary N) is 1. The van der Waals surface area contributed by atoms with Gasteiger partial charge in [-0.15, -0.1) is 0 Å². The number of benzene rings is 1. The zero-order valence-corrected chi connectivity index (χ0v) is 9.37. The minimum absolute atomic E-state index is 0.116. The molecule has 0 bridgehead atoms. The van der Waals surface area contributed by atoms with Gasteiger partial charge in [0.1, 0.15) is 0 Å². The van der Waals surface area contributed by atoms with Crippen molar-refractivity contribution in [3.05, 3.63) is 47.8 Å². The van der Waals surface area contributed by atoms with E-state index in [1.165, 1.54) is 0 Å². The lowest BCUT2D eigenvalue weighted by atomic mass is 10.00. The van der Waals surface area contributed by atoms with Gasteiger partial charge >= 0.3 is 0 Å². The van der Waals surface area contributed by atoms with Crippen molar-refractivity contribution in [1.82, 2.24) is 4.98 Å². The van der Waals surface area contributed by atoms with Gasteiger partial charge in [-0.1, -0.05) is 6.07 Å². The summed E-state index contributed by atoms with van der Waals surface area (Å²) in [7, 11) is 0. The largest absolute Gasteiger partial charge is 0.398 e. The molecule has 0 saturated carbocycles. The molecule has 2 aromatic rings. The van der Waals surface area contributed by atoms with Crippen LogP contribution in [0.2, 0.25) is 0 Å². The molecule has 17 heavy (non-hydrogen) atoms. The van der Waals surface area contributed by atoms with Gasteiger partial charge in [0.15, 0.2) is 0 Å². The van der Waals surface area contributed by atoms with E-state index in [0.29, 0.717) is 0 Å². The number of nitrogens with two attached hydrogens (primary N) is 1. The van der Waals surface area contributed by atoms with Crippen LogP contribution in [0.15, 0.2) is 36.7 Å². The van der Waals surface area contributed by atoms with Crippen LogP contribution in [0.3, 0.4) is 0 Å². The molecule has 0 aliphatic rings. The zero-order valence-electron chi connectivity index (χ0n) is 9.37. The predicted molar refractivity (Wildman–Crippen MR) is 66.8 cm³/mol. The number of nitrogens with zero attached hydrogens (tertiary/aromatic N) is 1. The molecule has 2 rings (SSSR count). The second-order valence-electron chi connectivity index (χ2n) is 3.81. The summed E-state index contributed by atoms with van der Waals surface area (Å²) >= 11 is 0. The van der Waals surface area contributed by atoms with Gasteiger partial charge in [0, 0.05) is 23.6 Å². The number of pyridine rings is 1. The van der Waals surface area contributed by atoms with E-state index in [2.05, 4.69) is 4.98 Å². The van der Waals surface area contributed by atoms with E-state index in [-0.39, 0.29) is 11.3 Å². The smallest absolute Gasteiger partial charge is 0.214 e. The number of aromatic nitrogens is 1. The average molecular weight is 229 g/mol. The van der Waals surface area contributed by atoms with Gasteiger partial charge in [-0.2, -0.15) is 4.39 Å². The standard InChI is InChI=1S/C13H12FN3/c1-8-4-5-17-7-11(8)9-2-3-12(15)10(6-9)13(14)16/h2-7,16H,15H2,1H3. The maximum Gasteiger partial charge on any atom is 0.214 e. The van der Waals surface area contributed by atoms with Gasteiger partial charge in [0.2, 0.25) is 5.97 Å². The molecule has 0 amide bonds. The molecule has 86 valence electrons. The lowest BCUT2D eigenvalue weighted by molar-refractivity contribution is 0.798. The molecule has 1 heterocycles. The van der Waals surface area contributed by atoms with E-state index in [9.17, 15) is 4.39 Å². The molecular formula is C13H12FN3. The minimum Gasteiger partial charge on any atom is -0.398 e. The first-order valence-electron chi connectivity index (χ1n) is 5.14. The highest BCUT2D eigenvalue weighted by molar-refractivity contribution is 5.97. The molecule has 0 unspecified atom stereocenters. The van der Waals surface area contributed by atoms with Gasteiger partial charge in [-0.05, 0) is 36.2 Å². The van der Waals surface area contributed by atoms with Crippen LogP contribution in [0.1, 0.15) is 11.1 Å². The van der Waals surface area contributed by atoms with Crippen LogP contribution in [0.25, 0.3) is 11.1 Å². The Labute approximate surface area is 98.6 Å². The normalized spacial score (nSPS) is 10.2. The molecule has 1 aromatic carbocycles. The Morgan fingerprint density at radius 3 is 2.76 bits per heavy atom. The van der Waals surface area contributed by atoms with Gasteiger partial charge in [-0.3, -0.25) is 10.4 Å². The van der Waals surface area contributed by atoms with E-state index in [0.717, 1.165) is 16.7 Å². The molecule has 0 radical (unpaired) electrons. The van der Waals surface area contributed by atoms with Crippen molar-refractivity contribution in [1.29, 1.82) is 5.41 Å². The van der Waals surface area contributed by atoms with E-state index < -0.39 is 5.97 Å². The van der Waals surface area contributed by atoms with Gasteiger partial charge in [0.25, 0.3) is 0 Å². The van der Waals surface area contributed by atoms with Crippen molar-refractivity contribution in [2.45, 2.75) is 6.92 Å². The van der Waals surface area contributed by atoms with Crippen LogP contribution in [-0.4, -0.2) is 10.9 Å². The van der Waals surface area contributed by atoms with Crippen molar-refractivity contribution in [3.8, 4) is 11.1 Å². The topological polar surface area (TPSA) is 62.8 Å². The van der Waals surface area contributed by atoms with E-state index >= 15 is 0 Å². The summed E-state index contributed by atoms with van der Waals surface area (Å²) in [4.78, 5) is 4.04. The van der Waals surface area contributed by atoms with Crippen molar-refractivity contribution in [2.24, 2.45) is 0 Å². The molecule has 0 atom stereocenters.